The molecular weight excluding hydrogens is 156 g/mol. The minimum atomic E-state index is -0.797. The van der Waals surface area contributed by atoms with Gasteiger partial charge in [-0.3, -0.25) is 0 Å². The van der Waals surface area contributed by atoms with Crippen LogP contribution in [-0.2, 0) is 14.3 Å². The van der Waals surface area contributed by atoms with Gasteiger partial charge in [0.05, 0.1) is 19.1 Å². The molecule has 0 bridgehead atoms. The predicted octanol–water partition coefficient (Wildman–Crippen LogP) is 0.588. The van der Waals surface area contributed by atoms with Crippen LogP contribution in [0.4, 0.5) is 0 Å². The molecule has 0 aromatic heterocycles. The highest BCUT2D eigenvalue weighted by Gasteiger charge is 2.39. The molecule has 0 spiro atoms. The zero-order valence-corrected chi connectivity index (χ0v) is 7.08. The van der Waals surface area contributed by atoms with E-state index in [1.54, 1.807) is 6.92 Å². The number of hydrogen-bond acceptors (Lipinski definition) is 3. The first-order valence-electron chi connectivity index (χ1n) is 3.89. The van der Waals surface area contributed by atoms with E-state index in [1.807, 2.05) is 0 Å². The predicted molar refractivity (Wildman–Crippen MR) is 43.3 cm³/mol. The molecule has 0 aromatic rings. The Morgan fingerprint density at radius 1 is 1.67 bits per heavy atom. The molecule has 0 aromatic carbocycles. The van der Waals surface area contributed by atoms with Gasteiger partial charge in [-0.1, -0.05) is 0 Å². The van der Waals surface area contributed by atoms with Gasteiger partial charge in [-0.15, -0.1) is 12.3 Å². The summed E-state index contributed by atoms with van der Waals surface area (Å²) in [4.78, 5) is 10.6. The van der Waals surface area contributed by atoms with Crippen molar-refractivity contribution in [2.45, 2.75) is 19.1 Å². The van der Waals surface area contributed by atoms with Gasteiger partial charge in [-0.25, -0.2) is 0 Å². The maximum absolute atomic E-state index is 10.6. The molecule has 0 N–H and O–H groups in total. The number of carbonyl (C=O) groups excluding carboxylic acids is 1. The normalized spacial score (nSPS) is 23.0. The first-order chi connectivity index (χ1) is 5.73. The summed E-state index contributed by atoms with van der Waals surface area (Å²) < 4.78 is 10.6. The van der Waals surface area contributed by atoms with Crippen LogP contribution in [-0.4, -0.2) is 25.3 Å². The van der Waals surface area contributed by atoms with Crippen molar-refractivity contribution in [2.24, 2.45) is 5.92 Å². The molecule has 1 saturated heterocycles. The Bertz CT molecular complexity index is 198. The molecule has 1 heterocycles. The van der Waals surface area contributed by atoms with Gasteiger partial charge in [0, 0.05) is 6.42 Å². The molecule has 1 fully saturated rings. The molecule has 0 aliphatic carbocycles. The minimum Gasteiger partial charge on any atom is -0.347 e. The second-order valence-electron chi connectivity index (χ2n) is 2.86. The Balaban J connectivity index is 2.63. The van der Waals surface area contributed by atoms with Crippen LogP contribution in [0.3, 0.4) is 0 Å². The lowest BCUT2D eigenvalue weighted by atomic mass is 9.98. The molecule has 1 aliphatic rings. The Labute approximate surface area is 72.0 Å². The van der Waals surface area contributed by atoms with Crippen molar-refractivity contribution in [3.05, 3.63) is 0 Å². The lowest BCUT2D eigenvalue weighted by molar-refractivity contribution is -0.179. The summed E-state index contributed by atoms with van der Waals surface area (Å²) in [6.07, 6.45) is 6.27. The van der Waals surface area contributed by atoms with Gasteiger partial charge in [0.25, 0.3) is 0 Å². The Hall–Kier alpha value is -0.850. The fourth-order valence-corrected chi connectivity index (χ4v) is 1.23. The number of ether oxygens (including phenoxy) is 2. The molecule has 3 heteroatoms. The van der Waals surface area contributed by atoms with Crippen LogP contribution in [0, 0.1) is 18.3 Å². The van der Waals surface area contributed by atoms with Crippen molar-refractivity contribution < 1.29 is 14.3 Å². The van der Waals surface area contributed by atoms with Crippen LogP contribution in [0.2, 0.25) is 0 Å². The standard InChI is InChI=1S/C9H12O3/c1-3-4-8(7-10)9(2)11-5-6-12-9/h1,7-8H,4-6H2,2H3. The third-order valence-electron chi connectivity index (χ3n) is 2.04. The number of hydrogen-bond donors (Lipinski definition) is 0. The van der Waals surface area contributed by atoms with Gasteiger partial charge in [0.1, 0.15) is 6.29 Å². The van der Waals surface area contributed by atoms with Crippen LogP contribution in [0.15, 0.2) is 0 Å². The average molecular weight is 168 g/mol. The van der Waals surface area contributed by atoms with Crippen molar-refractivity contribution in [1.82, 2.24) is 0 Å². The highest BCUT2D eigenvalue weighted by atomic mass is 16.7. The number of carbonyl (C=O) groups is 1. The molecule has 0 amide bonds. The van der Waals surface area contributed by atoms with Crippen LogP contribution >= 0.6 is 0 Å². The highest BCUT2D eigenvalue weighted by molar-refractivity contribution is 5.56. The molecule has 1 aliphatic heterocycles. The smallest absolute Gasteiger partial charge is 0.176 e. The van der Waals surface area contributed by atoms with E-state index in [1.165, 1.54) is 0 Å². The van der Waals surface area contributed by atoms with Crippen molar-refractivity contribution in [2.75, 3.05) is 13.2 Å². The molecule has 3 nitrogen and oxygen atoms in total. The van der Waals surface area contributed by atoms with Crippen molar-refractivity contribution in [3.8, 4) is 12.3 Å². The Morgan fingerprint density at radius 3 is 2.67 bits per heavy atom. The summed E-state index contributed by atoms with van der Waals surface area (Å²) in [5.41, 5.74) is 0. The fraction of sp³-hybridized carbons (Fsp3) is 0.667. The van der Waals surface area contributed by atoms with Crippen molar-refractivity contribution in [1.29, 1.82) is 0 Å². The largest absolute Gasteiger partial charge is 0.347 e. The van der Waals surface area contributed by atoms with Crippen LogP contribution in [0.5, 0.6) is 0 Å². The summed E-state index contributed by atoms with van der Waals surface area (Å²) in [7, 11) is 0. The average Bonchev–Trinajstić information content (AvgIpc) is 2.49. The zero-order valence-electron chi connectivity index (χ0n) is 7.08. The second kappa shape index (κ2) is 3.70. The van der Waals surface area contributed by atoms with Crippen molar-refractivity contribution >= 4 is 6.29 Å². The van der Waals surface area contributed by atoms with E-state index < -0.39 is 5.79 Å². The summed E-state index contributed by atoms with van der Waals surface area (Å²) >= 11 is 0. The van der Waals surface area contributed by atoms with E-state index in [2.05, 4.69) is 5.92 Å². The topological polar surface area (TPSA) is 35.5 Å². The van der Waals surface area contributed by atoms with Gasteiger partial charge in [-0.2, -0.15) is 0 Å². The van der Waals surface area contributed by atoms with E-state index in [4.69, 9.17) is 15.9 Å². The lowest BCUT2D eigenvalue weighted by Gasteiger charge is -2.26. The summed E-state index contributed by atoms with van der Waals surface area (Å²) in [5.74, 6) is 1.28. The number of aldehydes is 1. The van der Waals surface area contributed by atoms with E-state index in [9.17, 15) is 4.79 Å². The number of terminal acetylenes is 1. The first kappa shape index (κ1) is 9.24. The zero-order chi connectivity index (χ0) is 9.03. The van der Waals surface area contributed by atoms with Crippen LogP contribution in [0.1, 0.15) is 13.3 Å². The monoisotopic (exact) mass is 168 g/mol. The fourth-order valence-electron chi connectivity index (χ4n) is 1.23. The maximum Gasteiger partial charge on any atom is 0.176 e. The van der Waals surface area contributed by atoms with E-state index in [-0.39, 0.29) is 5.92 Å². The summed E-state index contributed by atoms with van der Waals surface area (Å²) in [5, 5.41) is 0. The third kappa shape index (κ3) is 1.66. The minimum absolute atomic E-state index is 0.356. The van der Waals surface area contributed by atoms with E-state index in [0.717, 1.165) is 6.29 Å². The van der Waals surface area contributed by atoms with Crippen LogP contribution in [0.25, 0.3) is 0 Å². The van der Waals surface area contributed by atoms with Crippen LogP contribution < -0.4 is 0 Å². The molecule has 66 valence electrons. The molecule has 1 rings (SSSR count). The van der Waals surface area contributed by atoms with Crippen molar-refractivity contribution in [3.63, 3.8) is 0 Å². The molecular formula is C9H12O3. The third-order valence-corrected chi connectivity index (χ3v) is 2.04. The highest BCUT2D eigenvalue weighted by Crippen LogP contribution is 2.28. The van der Waals surface area contributed by atoms with E-state index in [0.29, 0.717) is 19.6 Å². The van der Waals surface area contributed by atoms with E-state index >= 15 is 0 Å². The quantitative estimate of drug-likeness (QED) is 0.457. The van der Waals surface area contributed by atoms with Gasteiger partial charge >= 0.3 is 0 Å². The van der Waals surface area contributed by atoms with Gasteiger partial charge in [0.2, 0.25) is 0 Å². The molecule has 1 unspecified atom stereocenters. The maximum atomic E-state index is 10.6. The number of rotatable bonds is 3. The first-order valence-corrected chi connectivity index (χ1v) is 3.89. The van der Waals surface area contributed by atoms with Gasteiger partial charge in [0.15, 0.2) is 5.79 Å². The Kier molecular flexibility index (Phi) is 2.85. The SMILES string of the molecule is C#CCC(C=O)C1(C)OCCO1. The van der Waals surface area contributed by atoms with Gasteiger partial charge < -0.3 is 14.3 Å². The second-order valence-corrected chi connectivity index (χ2v) is 2.86. The summed E-state index contributed by atoms with van der Waals surface area (Å²) in [6.45, 7) is 2.81. The molecule has 12 heavy (non-hydrogen) atoms. The molecule has 0 radical (unpaired) electrons. The molecule has 0 saturated carbocycles. The molecule has 1 atom stereocenters. The Morgan fingerprint density at radius 2 is 2.25 bits per heavy atom. The lowest BCUT2D eigenvalue weighted by Crippen LogP contribution is -2.36. The summed E-state index contributed by atoms with van der Waals surface area (Å²) in [6, 6.07) is 0. The van der Waals surface area contributed by atoms with Gasteiger partial charge in [-0.05, 0) is 6.92 Å².